The van der Waals surface area contributed by atoms with E-state index in [1.54, 1.807) is 28.8 Å². The average molecular weight is 468 g/mol. The lowest BCUT2D eigenvalue weighted by molar-refractivity contribution is -0.115. The molecule has 1 amide bonds. The monoisotopic (exact) mass is 467 g/mol. The molecule has 2 aromatic carbocycles. The topological polar surface area (TPSA) is 55.8 Å². The van der Waals surface area contributed by atoms with Gasteiger partial charge in [0.2, 0.25) is 5.91 Å². The molecule has 0 unspecified atom stereocenters. The van der Waals surface area contributed by atoms with Gasteiger partial charge in [0, 0.05) is 14.8 Å². The minimum atomic E-state index is -3.57. The molecule has 0 spiro atoms. The zero-order valence-corrected chi connectivity index (χ0v) is 19.8. The van der Waals surface area contributed by atoms with Crippen LogP contribution in [0.1, 0.15) is 39.5 Å². The molecule has 8 heteroatoms. The highest BCUT2D eigenvalue weighted by atomic mass is 35.5. The van der Waals surface area contributed by atoms with Crippen LogP contribution in [0.4, 0.5) is 11.4 Å². The fraction of sp³-hybridized carbons (Fsp3) is 0.409. The van der Waals surface area contributed by atoms with E-state index in [4.69, 9.17) is 20.6 Å². The second-order valence-electron chi connectivity index (χ2n) is 7.05. The summed E-state index contributed by atoms with van der Waals surface area (Å²) < 4.78 is 24.6. The van der Waals surface area contributed by atoms with Crippen LogP contribution in [0.3, 0.4) is 0 Å². The maximum absolute atomic E-state index is 13.5. The van der Waals surface area contributed by atoms with E-state index in [1.807, 2.05) is 44.2 Å². The van der Waals surface area contributed by atoms with Crippen LogP contribution in [-0.2, 0) is 18.4 Å². The minimum Gasteiger partial charge on any atom is -0.308 e. The number of hydrogen-bond donors (Lipinski definition) is 0. The van der Waals surface area contributed by atoms with Gasteiger partial charge in [0.1, 0.15) is 6.16 Å². The second-order valence-corrected chi connectivity index (χ2v) is 10.6. The fourth-order valence-electron chi connectivity index (χ4n) is 3.06. The summed E-state index contributed by atoms with van der Waals surface area (Å²) >= 11 is 7.80. The Labute approximate surface area is 187 Å². The summed E-state index contributed by atoms with van der Waals surface area (Å²) in [7, 11) is -3.57. The van der Waals surface area contributed by atoms with Crippen LogP contribution in [0.15, 0.2) is 52.3 Å². The van der Waals surface area contributed by atoms with E-state index in [2.05, 4.69) is 0 Å². The fourth-order valence-corrected chi connectivity index (χ4v) is 5.81. The van der Waals surface area contributed by atoms with Gasteiger partial charge in [0.25, 0.3) is 0 Å². The summed E-state index contributed by atoms with van der Waals surface area (Å²) in [6, 6.07) is 13.1. The maximum Gasteiger partial charge on any atom is 0.340 e. The van der Waals surface area contributed by atoms with Gasteiger partial charge >= 0.3 is 7.60 Å². The van der Waals surface area contributed by atoms with Crippen molar-refractivity contribution in [2.75, 3.05) is 24.3 Å². The minimum absolute atomic E-state index is 0.308. The molecule has 2 aromatic rings. The van der Waals surface area contributed by atoms with Gasteiger partial charge in [-0.25, -0.2) is 0 Å². The molecule has 1 heterocycles. The summed E-state index contributed by atoms with van der Waals surface area (Å²) in [5.41, 5.74) is 1.43. The largest absolute Gasteiger partial charge is 0.340 e. The Hall–Kier alpha value is -1.30. The van der Waals surface area contributed by atoms with Crippen LogP contribution >= 0.6 is 31.0 Å². The van der Waals surface area contributed by atoms with Crippen LogP contribution in [0, 0.1) is 0 Å². The third kappa shape index (κ3) is 5.68. The standard InChI is InChI=1S/C22H27ClNO4PS/c1-3-5-13-27-29(26,28-14-6-4-2)16-22(25)24-18-9-7-8-10-20(18)30-21-12-11-17(23)15-19(21)24/h7-12,15H,3-6,13-14,16H2,1-2H3. The number of nitrogens with zero attached hydrogens (tertiary/aromatic N) is 1. The number of para-hydroxylation sites is 1. The van der Waals surface area contributed by atoms with E-state index in [-0.39, 0.29) is 12.1 Å². The molecule has 3 rings (SSSR count). The Kier molecular flexibility index (Phi) is 8.44. The summed E-state index contributed by atoms with van der Waals surface area (Å²) in [5.74, 6) is -0.331. The highest BCUT2D eigenvalue weighted by molar-refractivity contribution is 7.99. The van der Waals surface area contributed by atoms with E-state index < -0.39 is 7.60 Å². The third-order valence-electron chi connectivity index (χ3n) is 4.64. The van der Waals surface area contributed by atoms with Crippen molar-refractivity contribution in [1.82, 2.24) is 0 Å². The smallest absolute Gasteiger partial charge is 0.308 e. The molecule has 162 valence electrons. The number of anilines is 2. The molecule has 5 nitrogen and oxygen atoms in total. The molecule has 0 saturated carbocycles. The first kappa shape index (κ1) is 23.4. The summed E-state index contributed by atoms with van der Waals surface area (Å²) in [6.07, 6.45) is 3.02. The Morgan fingerprint density at radius 1 is 1.00 bits per heavy atom. The number of fused-ring (bicyclic) bond motifs is 2. The molecule has 0 fully saturated rings. The third-order valence-corrected chi connectivity index (χ3v) is 7.81. The molecule has 0 N–H and O–H groups in total. The number of unbranched alkanes of at least 4 members (excludes halogenated alkanes) is 2. The highest BCUT2D eigenvalue weighted by Crippen LogP contribution is 2.52. The first-order chi connectivity index (χ1) is 14.5. The van der Waals surface area contributed by atoms with Crippen molar-refractivity contribution in [2.24, 2.45) is 0 Å². The van der Waals surface area contributed by atoms with Crippen LogP contribution < -0.4 is 4.90 Å². The van der Waals surface area contributed by atoms with Gasteiger partial charge in [0.15, 0.2) is 0 Å². The van der Waals surface area contributed by atoms with Gasteiger partial charge in [0.05, 0.1) is 24.6 Å². The first-order valence-corrected chi connectivity index (χ1v) is 13.2. The normalized spacial score (nSPS) is 13.1. The quantitative estimate of drug-likeness (QED) is 0.271. The lowest BCUT2D eigenvalue weighted by Crippen LogP contribution is -2.31. The molecule has 1 aliphatic rings. The van der Waals surface area contributed by atoms with Gasteiger partial charge in [-0.3, -0.25) is 14.3 Å². The molecule has 30 heavy (non-hydrogen) atoms. The average Bonchev–Trinajstić information content (AvgIpc) is 2.72. The van der Waals surface area contributed by atoms with Crippen molar-refractivity contribution in [3.63, 3.8) is 0 Å². The molecule has 0 aliphatic carbocycles. The summed E-state index contributed by atoms with van der Waals surface area (Å²) in [6.45, 7) is 4.67. The van der Waals surface area contributed by atoms with Gasteiger partial charge in [-0.2, -0.15) is 0 Å². The maximum atomic E-state index is 13.5. The zero-order valence-electron chi connectivity index (χ0n) is 17.3. The summed E-state index contributed by atoms with van der Waals surface area (Å²) in [5, 5.41) is 0.535. The molecule has 0 aromatic heterocycles. The molecular formula is C22H27ClNO4PS. The Morgan fingerprint density at radius 2 is 1.63 bits per heavy atom. The van der Waals surface area contributed by atoms with Gasteiger partial charge in [-0.1, -0.05) is 62.2 Å². The number of hydrogen-bond acceptors (Lipinski definition) is 5. The van der Waals surface area contributed by atoms with Crippen molar-refractivity contribution in [2.45, 2.75) is 49.3 Å². The van der Waals surface area contributed by atoms with E-state index in [1.165, 1.54) is 0 Å². The molecule has 0 saturated heterocycles. The first-order valence-electron chi connectivity index (χ1n) is 10.2. The van der Waals surface area contributed by atoms with E-state index in [0.29, 0.717) is 23.9 Å². The van der Waals surface area contributed by atoms with Crippen molar-refractivity contribution in [3.05, 3.63) is 47.5 Å². The number of rotatable bonds is 10. The van der Waals surface area contributed by atoms with Crippen molar-refractivity contribution in [1.29, 1.82) is 0 Å². The SMILES string of the molecule is CCCCOP(=O)(CC(=O)N1c2ccccc2Sc2ccc(Cl)cc21)OCCCC. The van der Waals surface area contributed by atoms with E-state index in [9.17, 15) is 9.36 Å². The van der Waals surface area contributed by atoms with Gasteiger partial charge in [-0.05, 0) is 43.2 Å². The van der Waals surface area contributed by atoms with Gasteiger partial charge < -0.3 is 9.05 Å². The number of amides is 1. The second kappa shape index (κ2) is 10.8. The molecule has 0 bridgehead atoms. The van der Waals surface area contributed by atoms with Crippen LogP contribution in [-0.4, -0.2) is 25.3 Å². The van der Waals surface area contributed by atoms with Crippen molar-refractivity contribution >= 4 is 48.2 Å². The number of carbonyl (C=O) groups excluding carboxylic acids is 1. The number of halogens is 1. The van der Waals surface area contributed by atoms with E-state index >= 15 is 0 Å². The lowest BCUT2D eigenvalue weighted by atomic mass is 10.2. The predicted octanol–water partition coefficient (Wildman–Crippen LogP) is 7.30. The van der Waals surface area contributed by atoms with Crippen LogP contribution in [0.25, 0.3) is 0 Å². The summed E-state index contributed by atoms with van der Waals surface area (Å²) in [4.78, 5) is 16.9. The Bertz CT molecular complexity index is 925. The molecule has 1 aliphatic heterocycles. The lowest BCUT2D eigenvalue weighted by Gasteiger charge is -2.32. The number of carbonyl (C=O) groups is 1. The zero-order chi connectivity index (χ0) is 21.6. The van der Waals surface area contributed by atoms with Crippen molar-refractivity contribution in [3.8, 4) is 0 Å². The van der Waals surface area contributed by atoms with Gasteiger partial charge in [-0.15, -0.1) is 0 Å². The molecule has 0 radical (unpaired) electrons. The highest BCUT2D eigenvalue weighted by Gasteiger charge is 2.35. The van der Waals surface area contributed by atoms with Crippen LogP contribution in [0.2, 0.25) is 5.02 Å². The van der Waals surface area contributed by atoms with Crippen molar-refractivity contribution < 1.29 is 18.4 Å². The Morgan fingerprint density at radius 3 is 2.30 bits per heavy atom. The number of benzene rings is 2. The Balaban J connectivity index is 1.90. The predicted molar refractivity (Wildman–Crippen MR) is 123 cm³/mol. The van der Waals surface area contributed by atoms with Crippen LogP contribution in [0.5, 0.6) is 0 Å². The molecular weight excluding hydrogens is 441 g/mol. The molecule has 0 atom stereocenters. The van der Waals surface area contributed by atoms with E-state index in [0.717, 1.165) is 41.2 Å².